The molecule has 27 heavy (non-hydrogen) atoms. The quantitative estimate of drug-likeness (QED) is 0.664. The van der Waals surface area contributed by atoms with Crippen LogP contribution < -0.4 is 20.8 Å². The monoisotopic (exact) mass is 402 g/mol. The lowest BCUT2D eigenvalue weighted by atomic mass is 10.3. The first-order valence-electron chi connectivity index (χ1n) is 7.65. The van der Waals surface area contributed by atoms with Crippen LogP contribution in [0, 0.1) is 5.21 Å². The molecule has 0 N–H and O–H groups in total. The molecular formula is C15H13F3N4O4S. The maximum absolute atomic E-state index is 13.0. The molecule has 2 aromatic rings. The lowest BCUT2D eigenvalue weighted by Crippen LogP contribution is -2.50. The van der Waals surface area contributed by atoms with Crippen LogP contribution in [0.3, 0.4) is 0 Å². The van der Waals surface area contributed by atoms with E-state index in [4.69, 9.17) is 0 Å². The summed E-state index contributed by atoms with van der Waals surface area (Å²) in [4.78, 5) is 20.1. The van der Waals surface area contributed by atoms with Gasteiger partial charge in [0.1, 0.15) is 18.1 Å². The molecule has 0 fully saturated rings. The van der Waals surface area contributed by atoms with Gasteiger partial charge in [0.15, 0.2) is 15.5 Å². The summed E-state index contributed by atoms with van der Waals surface area (Å²) in [5.41, 5.74) is -3.15. The topological polar surface area (TPSA) is 107 Å². The normalized spacial score (nSPS) is 16.9. The fraction of sp³-hybridized carbons (Fsp3) is 0.333. The molecule has 8 nitrogen and oxygen atoms in total. The molecule has 3 heterocycles. The van der Waals surface area contributed by atoms with Crippen LogP contribution in [0.2, 0.25) is 0 Å². The summed E-state index contributed by atoms with van der Waals surface area (Å²) in [6.07, 6.45) is -4.89. The van der Waals surface area contributed by atoms with Crippen molar-refractivity contribution in [3.8, 4) is 0 Å². The van der Waals surface area contributed by atoms with Gasteiger partial charge in [0.05, 0.1) is 10.6 Å². The van der Waals surface area contributed by atoms with E-state index in [9.17, 15) is 31.6 Å². The van der Waals surface area contributed by atoms with Crippen LogP contribution in [0.4, 0.5) is 13.2 Å². The summed E-state index contributed by atoms with van der Waals surface area (Å²) in [5, 5.41) is 11.0. The zero-order valence-corrected chi connectivity index (χ0v) is 14.9. The van der Waals surface area contributed by atoms with E-state index in [1.807, 2.05) is 0 Å². The zero-order valence-electron chi connectivity index (χ0n) is 14.1. The fourth-order valence-electron chi connectivity index (χ4n) is 2.80. The van der Waals surface area contributed by atoms with Crippen molar-refractivity contribution in [1.82, 2.24) is 14.3 Å². The van der Waals surface area contributed by atoms with E-state index in [0.29, 0.717) is 6.07 Å². The molecule has 0 saturated heterocycles. The summed E-state index contributed by atoms with van der Waals surface area (Å²) in [7, 11) is -2.38. The Morgan fingerprint density at radius 3 is 2.63 bits per heavy atom. The van der Waals surface area contributed by atoms with E-state index in [2.05, 4.69) is 9.98 Å². The molecule has 0 saturated carbocycles. The van der Waals surface area contributed by atoms with Crippen LogP contribution in [-0.4, -0.2) is 30.9 Å². The van der Waals surface area contributed by atoms with E-state index in [1.165, 1.54) is 32.3 Å². The Kier molecular flexibility index (Phi) is 4.33. The second-order valence-electron chi connectivity index (χ2n) is 5.76. The Morgan fingerprint density at radius 2 is 2.04 bits per heavy atom. The molecule has 2 aromatic heterocycles. The van der Waals surface area contributed by atoms with Crippen LogP contribution >= 0.6 is 0 Å². The van der Waals surface area contributed by atoms with Crippen molar-refractivity contribution in [2.75, 3.05) is 12.8 Å². The minimum Gasteiger partial charge on any atom is -0.803 e. The second kappa shape index (κ2) is 6.15. The van der Waals surface area contributed by atoms with Crippen molar-refractivity contribution in [3.63, 3.8) is 0 Å². The average molecular weight is 402 g/mol. The van der Waals surface area contributed by atoms with E-state index in [-0.39, 0.29) is 27.1 Å². The number of fused-ring (bicyclic) bond motifs is 1. The standard InChI is InChI=1S/C15H13F3N4O4S/c1-3-27(25,26)9-5-4-6-19-11(9)13-20-8-7-10(15(16,17)18)22(24)14(23)12(8)21(13)2/h4-7,13H,3H2,1-2H3. The van der Waals surface area contributed by atoms with Gasteiger partial charge in [-0.2, -0.15) is 17.7 Å². The van der Waals surface area contributed by atoms with Gasteiger partial charge >= 0.3 is 11.7 Å². The van der Waals surface area contributed by atoms with Crippen LogP contribution in [0.15, 0.2) is 39.1 Å². The summed E-state index contributed by atoms with van der Waals surface area (Å²) >= 11 is 0. The summed E-state index contributed by atoms with van der Waals surface area (Å²) < 4.78 is 63.9. The van der Waals surface area contributed by atoms with E-state index >= 15 is 0 Å². The number of sulfone groups is 1. The van der Waals surface area contributed by atoms with Crippen molar-refractivity contribution in [2.45, 2.75) is 24.2 Å². The van der Waals surface area contributed by atoms with Gasteiger partial charge in [-0.15, -0.1) is 0 Å². The van der Waals surface area contributed by atoms with Crippen LogP contribution in [0.5, 0.6) is 0 Å². The number of pyridine rings is 2. The lowest BCUT2D eigenvalue weighted by Gasteiger charge is -2.16. The number of hydrogen-bond acceptors (Lipinski definition) is 6. The SMILES string of the molecule is CCS(=O)(=O)c1cccnc1C1N=c2cc(C(F)(F)F)n([O-])c(=O)c2=[N+]1C. The number of alkyl halides is 3. The third kappa shape index (κ3) is 2.99. The smallest absolute Gasteiger partial charge is 0.431 e. The Balaban J connectivity index is 2.33. The Morgan fingerprint density at radius 1 is 1.37 bits per heavy atom. The first kappa shape index (κ1) is 19.0. The highest BCUT2D eigenvalue weighted by molar-refractivity contribution is 7.91. The third-order valence-corrected chi connectivity index (χ3v) is 5.93. The predicted octanol–water partition coefficient (Wildman–Crippen LogP) is -0.145. The molecular weight excluding hydrogens is 389 g/mol. The van der Waals surface area contributed by atoms with Crippen LogP contribution in [0.1, 0.15) is 24.5 Å². The Hall–Kier alpha value is -2.76. The molecule has 1 aliphatic heterocycles. The maximum atomic E-state index is 13.0. The van der Waals surface area contributed by atoms with Crippen molar-refractivity contribution in [2.24, 2.45) is 4.99 Å². The minimum absolute atomic E-state index is 0.0385. The summed E-state index contributed by atoms with van der Waals surface area (Å²) in [5.74, 6) is -0.222. The zero-order chi connectivity index (χ0) is 20.1. The molecule has 12 heteroatoms. The molecule has 3 rings (SSSR count). The third-order valence-electron chi connectivity index (χ3n) is 4.15. The molecule has 144 valence electrons. The summed E-state index contributed by atoms with van der Waals surface area (Å²) in [6.45, 7) is 1.43. The van der Waals surface area contributed by atoms with Gasteiger partial charge in [-0.3, -0.25) is 9.78 Å². The van der Waals surface area contributed by atoms with Gasteiger partial charge in [0.2, 0.25) is 0 Å². The Bertz CT molecular complexity index is 1220. The molecule has 1 aliphatic rings. The van der Waals surface area contributed by atoms with Crippen molar-refractivity contribution in [1.29, 1.82) is 0 Å². The van der Waals surface area contributed by atoms with Crippen LogP contribution in [0.25, 0.3) is 0 Å². The average Bonchev–Trinajstić information content (AvgIpc) is 2.94. The predicted molar refractivity (Wildman–Crippen MR) is 87.1 cm³/mol. The number of hydrogen-bond donors (Lipinski definition) is 0. The van der Waals surface area contributed by atoms with Gasteiger partial charge in [0, 0.05) is 6.20 Å². The van der Waals surface area contributed by atoms with Crippen molar-refractivity contribution < 1.29 is 21.6 Å². The molecule has 0 radical (unpaired) electrons. The molecule has 0 aromatic carbocycles. The Labute approximate surface area is 150 Å². The van der Waals surface area contributed by atoms with E-state index in [0.717, 1.165) is 4.58 Å². The highest BCUT2D eigenvalue weighted by atomic mass is 32.2. The van der Waals surface area contributed by atoms with Gasteiger partial charge in [-0.25, -0.2) is 13.4 Å². The van der Waals surface area contributed by atoms with Crippen molar-refractivity contribution in [3.05, 3.63) is 62.1 Å². The first-order valence-corrected chi connectivity index (χ1v) is 9.30. The fourth-order valence-corrected chi connectivity index (χ4v) is 3.87. The van der Waals surface area contributed by atoms with Gasteiger partial charge in [0.25, 0.3) is 11.5 Å². The largest absolute Gasteiger partial charge is 0.803 e. The molecule has 0 spiro atoms. The number of rotatable bonds is 3. The first-order chi connectivity index (χ1) is 12.5. The van der Waals surface area contributed by atoms with Gasteiger partial charge in [-0.1, -0.05) is 6.92 Å². The molecule has 0 amide bonds. The minimum atomic E-state index is -5.04. The highest BCUT2D eigenvalue weighted by Gasteiger charge is 2.38. The van der Waals surface area contributed by atoms with Crippen LogP contribution in [-0.2, 0) is 16.0 Å². The van der Waals surface area contributed by atoms with E-state index in [1.54, 1.807) is 0 Å². The molecule has 0 aliphatic carbocycles. The molecule has 1 unspecified atom stereocenters. The number of halogens is 3. The van der Waals surface area contributed by atoms with Gasteiger partial charge in [-0.05, 0) is 18.2 Å². The highest BCUT2D eigenvalue weighted by Crippen LogP contribution is 2.27. The van der Waals surface area contributed by atoms with Gasteiger partial charge < -0.3 is 9.94 Å². The molecule has 0 bridgehead atoms. The number of nitrogens with zero attached hydrogens (tertiary/aromatic N) is 4. The van der Waals surface area contributed by atoms with E-state index < -0.39 is 38.2 Å². The number of aromatic nitrogens is 2. The molecule has 1 atom stereocenters. The second-order valence-corrected chi connectivity index (χ2v) is 8.01. The maximum Gasteiger partial charge on any atom is 0.431 e. The van der Waals surface area contributed by atoms with Crippen molar-refractivity contribution >= 4 is 9.84 Å². The summed E-state index contributed by atoms with van der Waals surface area (Å²) in [6, 6.07) is 3.18. The lowest BCUT2D eigenvalue weighted by molar-refractivity contribution is -0.143.